The maximum absolute atomic E-state index is 11.8. The van der Waals surface area contributed by atoms with Gasteiger partial charge >= 0.3 is 0 Å². The molecule has 1 amide bonds. The minimum Gasteiger partial charge on any atom is -0.503 e. The lowest BCUT2D eigenvalue weighted by molar-refractivity contribution is -0.120. The van der Waals surface area contributed by atoms with Gasteiger partial charge in [-0.05, 0) is 48.4 Å². The first kappa shape index (κ1) is 20.3. The summed E-state index contributed by atoms with van der Waals surface area (Å²) in [7, 11) is 0. The largest absolute Gasteiger partial charge is 0.503 e. The monoisotopic (exact) mass is 369 g/mol. The minimum atomic E-state index is -0.594. The highest BCUT2D eigenvalue weighted by Crippen LogP contribution is 2.25. The number of carbonyl (C=O) groups is 1. The van der Waals surface area contributed by atoms with Crippen molar-refractivity contribution in [1.82, 2.24) is 5.32 Å². The van der Waals surface area contributed by atoms with Crippen molar-refractivity contribution in [3.05, 3.63) is 71.5 Å². The fraction of sp³-hybridized carbons (Fsp3) is 0.250. The summed E-state index contributed by atoms with van der Waals surface area (Å²) in [5.74, 6) is -0.999. The van der Waals surface area contributed by atoms with E-state index in [0.29, 0.717) is 12.2 Å². The molecule has 0 radical (unpaired) electrons. The Labute approximate surface area is 159 Å². The smallest absolute Gasteiger partial charge is 0.286 e. The molecular formula is C20H27N5O2. The molecule has 2 rings (SSSR count). The molecule has 0 heterocycles. The second-order valence-electron chi connectivity index (χ2n) is 6.11. The highest BCUT2D eigenvalue weighted by molar-refractivity contribution is 5.90. The quantitative estimate of drug-likeness (QED) is 0.226. The maximum Gasteiger partial charge on any atom is 0.286 e. The second kappa shape index (κ2) is 10.2. The van der Waals surface area contributed by atoms with Crippen LogP contribution in [0.3, 0.4) is 0 Å². The summed E-state index contributed by atoms with van der Waals surface area (Å²) in [6.07, 6.45) is 2.02. The zero-order chi connectivity index (χ0) is 19.6. The Hall–Kier alpha value is -3.03. The van der Waals surface area contributed by atoms with Crippen LogP contribution in [0.1, 0.15) is 23.6 Å². The van der Waals surface area contributed by atoms with Crippen molar-refractivity contribution in [3.63, 3.8) is 0 Å². The van der Waals surface area contributed by atoms with Crippen molar-refractivity contribution in [2.24, 2.45) is 11.5 Å². The van der Waals surface area contributed by atoms with Gasteiger partial charge in [0.2, 0.25) is 0 Å². The summed E-state index contributed by atoms with van der Waals surface area (Å²) in [5, 5.41) is 15.6. The lowest BCUT2D eigenvalue weighted by Gasteiger charge is -2.21. The van der Waals surface area contributed by atoms with Gasteiger partial charge in [-0.2, -0.15) is 0 Å². The summed E-state index contributed by atoms with van der Waals surface area (Å²) in [5.41, 5.74) is 20.4. The third-order valence-electron chi connectivity index (χ3n) is 4.12. The first-order chi connectivity index (χ1) is 13.0. The molecule has 1 unspecified atom stereocenters. The predicted molar refractivity (Wildman–Crippen MR) is 109 cm³/mol. The fourth-order valence-corrected chi connectivity index (χ4v) is 2.69. The summed E-state index contributed by atoms with van der Waals surface area (Å²) in [6.45, 7) is 0.829. The van der Waals surface area contributed by atoms with Crippen LogP contribution < -0.4 is 27.8 Å². The van der Waals surface area contributed by atoms with Crippen LogP contribution in [-0.2, 0) is 11.3 Å². The van der Waals surface area contributed by atoms with Crippen LogP contribution in [0.2, 0.25) is 0 Å². The van der Waals surface area contributed by atoms with E-state index in [-0.39, 0.29) is 19.1 Å². The van der Waals surface area contributed by atoms with Gasteiger partial charge in [-0.3, -0.25) is 4.79 Å². The Bertz CT molecular complexity index is 777. The molecule has 7 heteroatoms. The second-order valence-corrected chi connectivity index (χ2v) is 6.11. The Balaban J connectivity index is 2.11. The van der Waals surface area contributed by atoms with Crippen LogP contribution in [0.5, 0.6) is 0 Å². The van der Waals surface area contributed by atoms with Gasteiger partial charge in [0.25, 0.3) is 5.91 Å². The summed E-state index contributed by atoms with van der Waals surface area (Å²) >= 11 is 0. The molecule has 0 aliphatic carbocycles. The highest BCUT2D eigenvalue weighted by atomic mass is 16.3. The van der Waals surface area contributed by atoms with Crippen LogP contribution in [-0.4, -0.2) is 24.1 Å². The number of nitrogens with two attached hydrogens (primary N) is 3. The molecule has 0 bridgehead atoms. The zero-order valence-electron chi connectivity index (χ0n) is 15.2. The predicted octanol–water partition coefficient (Wildman–Crippen LogP) is 1.79. The van der Waals surface area contributed by atoms with Crippen molar-refractivity contribution in [2.75, 3.05) is 24.1 Å². The van der Waals surface area contributed by atoms with Crippen molar-refractivity contribution in [3.8, 4) is 0 Å². The van der Waals surface area contributed by atoms with E-state index in [1.165, 1.54) is 6.08 Å². The Morgan fingerprint density at radius 3 is 2.56 bits per heavy atom. The molecule has 7 nitrogen and oxygen atoms in total. The number of anilines is 2. The lowest BCUT2D eigenvalue weighted by atomic mass is 10.0. The van der Waals surface area contributed by atoms with Gasteiger partial charge in [-0.1, -0.05) is 30.3 Å². The Morgan fingerprint density at radius 1 is 1.15 bits per heavy atom. The van der Waals surface area contributed by atoms with Crippen LogP contribution >= 0.6 is 0 Å². The van der Waals surface area contributed by atoms with E-state index in [2.05, 4.69) is 22.8 Å². The van der Waals surface area contributed by atoms with Crippen molar-refractivity contribution < 1.29 is 9.90 Å². The number of benzene rings is 2. The Kier molecular flexibility index (Phi) is 7.66. The third kappa shape index (κ3) is 6.02. The normalized spacial score (nSPS) is 12.4. The number of aliphatic hydroxyl groups excluding tert-OH is 1. The molecule has 0 fully saturated rings. The van der Waals surface area contributed by atoms with E-state index in [4.69, 9.17) is 17.2 Å². The number of rotatable bonds is 9. The molecule has 9 N–H and O–H groups in total. The van der Waals surface area contributed by atoms with Crippen LogP contribution in [0.15, 0.2) is 60.4 Å². The molecule has 0 aliphatic rings. The number of aliphatic hydroxyl groups is 1. The van der Waals surface area contributed by atoms with E-state index in [1.807, 2.05) is 30.3 Å². The average Bonchev–Trinajstić information content (AvgIpc) is 2.68. The average molecular weight is 369 g/mol. The van der Waals surface area contributed by atoms with Gasteiger partial charge in [-0.15, -0.1) is 0 Å². The van der Waals surface area contributed by atoms with E-state index in [1.54, 1.807) is 6.07 Å². The van der Waals surface area contributed by atoms with Gasteiger partial charge in [0.05, 0.1) is 6.04 Å². The number of amides is 1. The van der Waals surface area contributed by atoms with Crippen molar-refractivity contribution in [2.45, 2.75) is 19.0 Å². The lowest BCUT2D eigenvalue weighted by Crippen LogP contribution is -2.25. The van der Waals surface area contributed by atoms with E-state index in [9.17, 15) is 9.90 Å². The molecule has 0 aliphatic heterocycles. The summed E-state index contributed by atoms with van der Waals surface area (Å²) in [6, 6.07) is 15.7. The highest BCUT2D eigenvalue weighted by Gasteiger charge is 2.12. The molecule has 0 spiro atoms. The standard InChI is InChI=1S/C20H27N5O2/c21-10-8-18(14-4-2-1-3-5-14)25-16-6-7-17(23)15(12-16)13-24-20(27)19(26)9-11-22/h1-7,9,12,18,25-26H,8,10-11,13,21-23H2,(H,24,27)/b19-9-. The molecule has 27 heavy (non-hydrogen) atoms. The number of hydrogen-bond acceptors (Lipinski definition) is 6. The summed E-state index contributed by atoms with van der Waals surface area (Å²) < 4.78 is 0. The molecule has 0 aromatic heterocycles. The van der Waals surface area contributed by atoms with Gasteiger partial charge in [-0.25, -0.2) is 0 Å². The molecule has 2 aromatic carbocycles. The number of hydrogen-bond donors (Lipinski definition) is 6. The van der Waals surface area contributed by atoms with Gasteiger partial charge in [0.1, 0.15) is 0 Å². The van der Waals surface area contributed by atoms with Crippen LogP contribution in [0.25, 0.3) is 0 Å². The van der Waals surface area contributed by atoms with Gasteiger partial charge in [0, 0.05) is 24.5 Å². The van der Waals surface area contributed by atoms with Crippen molar-refractivity contribution in [1.29, 1.82) is 0 Å². The van der Waals surface area contributed by atoms with E-state index < -0.39 is 11.7 Å². The Morgan fingerprint density at radius 2 is 1.89 bits per heavy atom. The first-order valence-electron chi connectivity index (χ1n) is 8.82. The number of carbonyl (C=O) groups excluding carboxylic acids is 1. The van der Waals surface area contributed by atoms with E-state index >= 15 is 0 Å². The molecule has 144 valence electrons. The first-order valence-corrected chi connectivity index (χ1v) is 8.82. The van der Waals surface area contributed by atoms with Gasteiger partial charge < -0.3 is 32.9 Å². The van der Waals surface area contributed by atoms with Crippen molar-refractivity contribution >= 4 is 17.3 Å². The topological polar surface area (TPSA) is 139 Å². The van der Waals surface area contributed by atoms with Gasteiger partial charge in [0.15, 0.2) is 5.76 Å². The molecule has 1 atom stereocenters. The molecule has 0 saturated carbocycles. The fourth-order valence-electron chi connectivity index (χ4n) is 2.69. The summed E-state index contributed by atoms with van der Waals surface area (Å²) in [4.78, 5) is 11.8. The molecule has 2 aromatic rings. The third-order valence-corrected chi connectivity index (χ3v) is 4.12. The minimum absolute atomic E-state index is 0.0683. The SMILES string of the molecule is NC/C=C(\O)C(=O)NCc1cc(NC(CCN)c2ccccc2)ccc1N. The molecular weight excluding hydrogens is 342 g/mol. The van der Waals surface area contributed by atoms with Crippen LogP contribution in [0, 0.1) is 0 Å². The van der Waals surface area contributed by atoms with E-state index in [0.717, 1.165) is 23.2 Å². The number of nitrogens with one attached hydrogen (secondary N) is 2. The number of nitrogen functional groups attached to an aromatic ring is 1. The van der Waals surface area contributed by atoms with Crippen LogP contribution in [0.4, 0.5) is 11.4 Å². The molecule has 0 saturated heterocycles. The zero-order valence-corrected chi connectivity index (χ0v) is 15.2. The maximum atomic E-state index is 11.8.